The summed E-state index contributed by atoms with van der Waals surface area (Å²) in [6, 6.07) is 7.79. The molecule has 6 heteroatoms. The van der Waals surface area contributed by atoms with Gasteiger partial charge < -0.3 is 19.2 Å². The van der Waals surface area contributed by atoms with Crippen LogP contribution in [0.4, 0.5) is 0 Å². The van der Waals surface area contributed by atoms with Crippen molar-refractivity contribution in [2.75, 3.05) is 6.61 Å². The molecule has 1 N–H and O–H groups in total. The third kappa shape index (κ3) is 4.46. The summed E-state index contributed by atoms with van der Waals surface area (Å²) < 4.78 is 7.32. The third-order valence-corrected chi connectivity index (χ3v) is 4.19. The maximum atomic E-state index is 11.7. The van der Waals surface area contributed by atoms with Crippen molar-refractivity contribution >= 4 is 12.3 Å². The van der Waals surface area contributed by atoms with E-state index in [9.17, 15) is 14.7 Å². The topological polar surface area (TPSA) is 81.4 Å². The zero-order valence-electron chi connectivity index (χ0n) is 15.3. The Balaban J connectivity index is 2.36. The van der Waals surface area contributed by atoms with Crippen LogP contribution in [0.2, 0.25) is 0 Å². The van der Waals surface area contributed by atoms with Gasteiger partial charge in [-0.05, 0) is 50.6 Å². The van der Waals surface area contributed by atoms with E-state index in [-0.39, 0.29) is 13.0 Å². The molecule has 0 saturated carbocycles. The first-order valence-corrected chi connectivity index (χ1v) is 8.40. The lowest BCUT2D eigenvalue weighted by Crippen LogP contribution is -2.34. The summed E-state index contributed by atoms with van der Waals surface area (Å²) in [7, 11) is 0. The van der Waals surface area contributed by atoms with Crippen molar-refractivity contribution in [1.29, 1.82) is 0 Å². The Morgan fingerprint density at radius 3 is 2.50 bits per heavy atom. The molecule has 0 fully saturated rings. The van der Waals surface area contributed by atoms with Crippen molar-refractivity contribution in [2.45, 2.75) is 33.3 Å². The average Bonchev–Trinajstić information content (AvgIpc) is 2.92. The second-order valence-corrected chi connectivity index (χ2v) is 6.32. The van der Waals surface area contributed by atoms with Crippen LogP contribution < -0.4 is 0 Å². The van der Waals surface area contributed by atoms with Crippen molar-refractivity contribution in [1.82, 2.24) is 9.55 Å². The van der Waals surface area contributed by atoms with Crippen LogP contribution in [0.5, 0.6) is 0 Å². The zero-order valence-corrected chi connectivity index (χ0v) is 15.3. The second-order valence-electron chi connectivity index (χ2n) is 6.32. The number of hydrogen-bond acceptors (Lipinski definition) is 4. The molecule has 0 spiro atoms. The molecule has 0 aliphatic heterocycles. The maximum absolute atomic E-state index is 11.7. The predicted octanol–water partition coefficient (Wildman–Crippen LogP) is 2.81. The van der Waals surface area contributed by atoms with Gasteiger partial charge in [-0.25, -0.2) is 4.98 Å². The summed E-state index contributed by atoms with van der Waals surface area (Å²) in [5.41, 5.74) is 3.66. The lowest BCUT2D eigenvalue weighted by Gasteiger charge is -2.19. The number of rotatable bonds is 9. The molecular formula is C20H24N2O4. The smallest absolute Gasteiger partial charge is 0.310 e. The highest BCUT2D eigenvalue weighted by molar-refractivity contribution is 5.76. The highest BCUT2D eigenvalue weighted by Gasteiger charge is 2.29. The number of aromatic nitrogens is 2. The summed E-state index contributed by atoms with van der Waals surface area (Å²) in [6.45, 7) is 9.54. The molecule has 2 atom stereocenters. The number of carboxylic acids is 1. The fourth-order valence-electron chi connectivity index (χ4n) is 2.97. The van der Waals surface area contributed by atoms with Gasteiger partial charge in [0.2, 0.25) is 0 Å². The summed E-state index contributed by atoms with van der Waals surface area (Å²) in [5.74, 6) is -1.37. The molecule has 2 heterocycles. The standard InChI is InChI=1S/C20H24N2O4/c1-5-8-26-18(12-23)17(20(24)25)11-16-9-13(2)10-19(21-16)22-14(3)6-7-15(22)4/h5-7,9-10,12,17-18H,1,8,11H2,2-4H3,(H,24,25). The molecule has 0 radical (unpaired) electrons. The Hall–Kier alpha value is -2.73. The number of aliphatic carboxylic acids is 1. The Labute approximate surface area is 153 Å². The van der Waals surface area contributed by atoms with Crippen LogP contribution >= 0.6 is 0 Å². The molecule has 0 bridgehead atoms. The van der Waals surface area contributed by atoms with Crippen molar-refractivity contribution in [3.63, 3.8) is 0 Å². The maximum Gasteiger partial charge on any atom is 0.310 e. The van der Waals surface area contributed by atoms with Gasteiger partial charge in [0.15, 0.2) is 0 Å². The van der Waals surface area contributed by atoms with Crippen molar-refractivity contribution in [3.05, 3.63) is 59.6 Å². The third-order valence-electron chi connectivity index (χ3n) is 4.19. The van der Waals surface area contributed by atoms with E-state index in [0.717, 1.165) is 22.8 Å². The number of pyridine rings is 1. The van der Waals surface area contributed by atoms with Gasteiger partial charge in [-0.3, -0.25) is 4.79 Å². The van der Waals surface area contributed by atoms with Crippen molar-refractivity contribution in [3.8, 4) is 5.82 Å². The number of carbonyl (C=O) groups is 2. The summed E-state index contributed by atoms with van der Waals surface area (Å²) in [4.78, 5) is 27.6. The Morgan fingerprint density at radius 1 is 1.31 bits per heavy atom. The van der Waals surface area contributed by atoms with Crippen LogP contribution in [-0.2, 0) is 20.7 Å². The predicted molar refractivity (Wildman–Crippen MR) is 98.6 cm³/mol. The van der Waals surface area contributed by atoms with E-state index >= 15 is 0 Å². The number of ether oxygens (including phenoxy) is 1. The van der Waals surface area contributed by atoms with E-state index in [2.05, 4.69) is 11.6 Å². The average molecular weight is 356 g/mol. The Bertz CT molecular complexity index is 791. The van der Waals surface area contributed by atoms with E-state index in [1.54, 1.807) is 0 Å². The molecule has 138 valence electrons. The van der Waals surface area contributed by atoms with Gasteiger partial charge in [0.1, 0.15) is 18.2 Å². The van der Waals surface area contributed by atoms with E-state index in [1.165, 1.54) is 6.08 Å². The molecule has 0 amide bonds. The molecule has 26 heavy (non-hydrogen) atoms. The molecule has 0 aliphatic carbocycles. The molecule has 2 aromatic heterocycles. The van der Waals surface area contributed by atoms with Gasteiger partial charge >= 0.3 is 5.97 Å². The molecule has 2 aromatic rings. The summed E-state index contributed by atoms with van der Waals surface area (Å²) in [6.07, 6.45) is 1.06. The zero-order chi connectivity index (χ0) is 19.3. The van der Waals surface area contributed by atoms with Gasteiger partial charge in [0.25, 0.3) is 0 Å². The largest absolute Gasteiger partial charge is 0.481 e. The van der Waals surface area contributed by atoms with Crippen molar-refractivity contribution in [2.24, 2.45) is 5.92 Å². The molecule has 2 rings (SSSR count). The SMILES string of the molecule is C=CCOC(C=O)C(Cc1cc(C)cc(-n2c(C)ccc2C)n1)C(=O)O. The lowest BCUT2D eigenvalue weighted by molar-refractivity contribution is -0.149. The molecule has 0 aromatic carbocycles. The molecule has 0 saturated heterocycles. The Morgan fingerprint density at radius 2 is 1.96 bits per heavy atom. The van der Waals surface area contributed by atoms with Crippen molar-refractivity contribution < 1.29 is 19.4 Å². The highest BCUT2D eigenvalue weighted by atomic mass is 16.5. The molecular weight excluding hydrogens is 332 g/mol. The van der Waals surface area contributed by atoms with E-state index in [0.29, 0.717) is 12.0 Å². The first-order valence-electron chi connectivity index (χ1n) is 8.40. The van der Waals surface area contributed by atoms with Crippen LogP contribution in [0.3, 0.4) is 0 Å². The number of carboxylic acid groups (broad SMARTS) is 1. The number of aryl methyl sites for hydroxylation is 3. The van der Waals surface area contributed by atoms with Gasteiger partial charge in [0, 0.05) is 23.5 Å². The first-order chi connectivity index (χ1) is 12.4. The fraction of sp³-hybridized carbons (Fsp3) is 0.350. The van der Waals surface area contributed by atoms with Gasteiger partial charge in [-0.1, -0.05) is 6.08 Å². The quantitative estimate of drug-likeness (QED) is 0.552. The lowest BCUT2D eigenvalue weighted by atomic mass is 9.96. The number of aldehydes is 1. The number of carbonyl (C=O) groups excluding carboxylic acids is 1. The van der Waals surface area contributed by atoms with Gasteiger partial charge in [-0.15, -0.1) is 6.58 Å². The summed E-state index contributed by atoms with van der Waals surface area (Å²) >= 11 is 0. The van der Waals surface area contributed by atoms with Crippen LogP contribution in [0, 0.1) is 26.7 Å². The monoisotopic (exact) mass is 356 g/mol. The minimum Gasteiger partial charge on any atom is -0.481 e. The Kier molecular flexibility index (Phi) is 6.46. The van der Waals surface area contributed by atoms with E-state index in [4.69, 9.17) is 4.74 Å². The van der Waals surface area contributed by atoms with Crippen LogP contribution in [0.1, 0.15) is 22.6 Å². The minimum absolute atomic E-state index is 0.101. The highest BCUT2D eigenvalue weighted by Crippen LogP contribution is 2.20. The van der Waals surface area contributed by atoms with Gasteiger partial charge in [-0.2, -0.15) is 0 Å². The summed E-state index contributed by atoms with van der Waals surface area (Å²) in [5, 5.41) is 9.55. The van der Waals surface area contributed by atoms with Crippen LogP contribution in [0.15, 0.2) is 36.9 Å². The molecule has 2 unspecified atom stereocenters. The van der Waals surface area contributed by atoms with Crippen LogP contribution in [-0.4, -0.2) is 39.6 Å². The number of nitrogens with zero attached hydrogens (tertiary/aromatic N) is 2. The number of hydrogen-bond donors (Lipinski definition) is 1. The first kappa shape index (κ1) is 19.6. The van der Waals surface area contributed by atoms with Crippen LogP contribution in [0.25, 0.3) is 5.82 Å². The van der Waals surface area contributed by atoms with E-state index in [1.807, 2.05) is 49.6 Å². The molecule has 0 aliphatic rings. The molecule has 6 nitrogen and oxygen atoms in total. The second kappa shape index (κ2) is 8.58. The minimum atomic E-state index is -1.09. The van der Waals surface area contributed by atoms with E-state index < -0.39 is 18.0 Å². The fourth-order valence-corrected chi connectivity index (χ4v) is 2.97. The normalized spacial score (nSPS) is 13.2. The van der Waals surface area contributed by atoms with Gasteiger partial charge in [0.05, 0.1) is 12.5 Å².